The molecule has 0 spiro atoms. The summed E-state index contributed by atoms with van der Waals surface area (Å²) in [4.78, 5) is 11.8. The van der Waals surface area contributed by atoms with Gasteiger partial charge in [-0.3, -0.25) is 4.79 Å². The monoisotopic (exact) mass is 297 g/mol. The number of para-hydroxylation sites is 1. The van der Waals surface area contributed by atoms with Gasteiger partial charge in [-0.25, -0.2) is 0 Å². The lowest BCUT2D eigenvalue weighted by Gasteiger charge is -2.25. The third-order valence-corrected chi connectivity index (χ3v) is 3.68. The molecular weight excluding hydrogens is 278 g/mol. The number of carbonyl (C=O) groups is 1. The van der Waals surface area contributed by atoms with Crippen molar-refractivity contribution in [1.82, 2.24) is 5.32 Å². The van der Waals surface area contributed by atoms with Gasteiger partial charge in [0.05, 0.1) is 12.7 Å². The highest BCUT2D eigenvalue weighted by Crippen LogP contribution is 2.19. The maximum Gasteiger partial charge on any atom is 0.258 e. The minimum Gasteiger partial charge on any atom is -0.484 e. The molecule has 0 radical (unpaired) electrons. The number of ether oxygens (including phenoxy) is 2. The number of nitrogens with one attached hydrogen (secondary N) is 1. The summed E-state index contributed by atoms with van der Waals surface area (Å²) in [5.41, 5.74) is 2.53. The second-order valence-electron chi connectivity index (χ2n) is 5.31. The Hall–Kier alpha value is -2.33. The van der Waals surface area contributed by atoms with E-state index in [0.29, 0.717) is 18.9 Å². The first-order valence-corrected chi connectivity index (χ1v) is 7.44. The minimum absolute atomic E-state index is 0.0212. The van der Waals surface area contributed by atoms with Gasteiger partial charge in [0, 0.05) is 13.0 Å². The van der Waals surface area contributed by atoms with Crippen molar-refractivity contribution in [3.05, 3.63) is 65.7 Å². The van der Waals surface area contributed by atoms with E-state index in [0.717, 1.165) is 6.42 Å². The Balaban J connectivity index is 1.42. The van der Waals surface area contributed by atoms with Crippen LogP contribution in [0.25, 0.3) is 0 Å². The molecule has 0 saturated heterocycles. The molecule has 2 aromatic rings. The first-order valence-electron chi connectivity index (χ1n) is 7.44. The summed E-state index contributed by atoms with van der Waals surface area (Å²) in [6, 6.07) is 17.6. The van der Waals surface area contributed by atoms with Crippen molar-refractivity contribution < 1.29 is 14.3 Å². The summed E-state index contributed by atoms with van der Waals surface area (Å²) in [5, 5.41) is 2.86. The summed E-state index contributed by atoms with van der Waals surface area (Å²) in [5.74, 6) is 0.562. The van der Waals surface area contributed by atoms with Crippen molar-refractivity contribution in [3.8, 4) is 5.75 Å². The molecule has 1 N–H and O–H groups in total. The Kier molecular flexibility index (Phi) is 4.71. The van der Waals surface area contributed by atoms with Crippen LogP contribution in [0.2, 0.25) is 0 Å². The number of benzene rings is 2. The Morgan fingerprint density at radius 1 is 1.09 bits per heavy atom. The molecule has 114 valence electrons. The maximum absolute atomic E-state index is 11.8. The fourth-order valence-corrected chi connectivity index (χ4v) is 2.48. The Morgan fingerprint density at radius 2 is 1.82 bits per heavy atom. The van der Waals surface area contributed by atoms with Crippen LogP contribution in [0.3, 0.4) is 0 Å². The van der Waals surface area contributed by atoms with Gasteiger partial charge in [-0.05, 0) is 23.3 Å². The van der Waals surface area contributed by atoms with E-state index in [1.54, 1.807) is 0 Å². The molecule has 1 amide bonds. The summed E-state index contributed by atoms with van der Waals surface area (Å²) in [7, 11) is 0. The van der Waals surface area contributed by atoms with E-state index in [2.05, 4.69) is 17.4 Å². The predicted molar refractivity (Wildman–Crippen MR) is 83.7 cm³/mol. The number of carbonyl (C=O) groups excluding carboxylic acids is 1. The molecule has 1 aliphatic heterocycles. The van der Waals surface area contributed by atoms with Crippen LogP contribution in [0.1, 0.15) is 11.1 Å². The number of rotatable bonds is 5. The van der Waals surface area contributed by atoms with E-state index in [9.17, 15) is 4.79 Å². The number of fused-ring (bicyclic) bond motifs is 1. The molecule has 0 fully saturated rings. The van der Waals surface area contributed by atoms with Gasteiger partial charge in [0.15, 0.2) is 6.61 Å². The third-order valence-electron chi connectivity index (χ3n) is 3.68. The zero-order chi connectivity index (χ0) is 15.2. The lowest BCUT2D eigenvalue weighted by atomic mass is 9.99. The van der Waals surface area contributed by atoms with Crippen LogP contribution >= 0.6 is 0 Å². The van der Waals surface area contributed by atoms with Gasteiger partial charge in [0.1, 0.15) is 5.75 Å². The molecule has 4 heteroatoms. The highest BCUT2D eigenvalue weighted by molar-refractivity contribution is 5.77. The molecule has 0 aromatic heterocycles. The normalized spacial score (nSPS) is 16.6. The molecule has 0 unspecified atom stereocenters. The van der Waals surface area contributed by atoms with Crippen molar-refractivity contribution in [2.45, 2.75) is 19.1 Å². The van der Waals surface area contributed by atoms with Gasteiger partial charge in [0.25, 0.3) is 5.91 Å². The highest BCUT2D eigenvalue weighted by atomic mass is 16.5. The lowest BCUT2D eigenvalue weighted by molar-refractivity contribution is -0.123. The third kappa shape index (κ3) is 3.86. The largest absolute Gasteiger partial charge is 0.484 e. The smallest absolute Gasteiger partial charge is 0.258 e. The standard InChI is InChI=1S/C18H19NO3/c20-18(13-22-16-8-2-1-3-9-16)19-11-17-10-14-6-4-5-7-15(14)12-21-17/h1-9,17H,10-13H2,(H,19,20)/t17-/m0/s1. The van der Waals surface area contributed by atoms with Crippen molar-refractivity contribution in [3.63, 3.8) is 0 Å². The van der Waals surface area contributed by atoms with Gasteiger partial charge in [-0.15, -0.1) is 0 Å². The van der Waals surface area contributed by atoms with Crippen molar-refractivity contribution >= 4 is 5.91 Å². The van der Waals surface area contributed by atoms with E-state index in [4.69, 9.17) is 9.47 Å². The highest BCUT2D eigenvalue weighted by Gasteiger charge is 2.19. The molecule has 4 nitrogen and oxygen atoms in total. The summed E-state index contributed by atoms with van der Waals surface area (Å²) >= 11 is 0. The lowest BCUT2D eigenvalue weighted by Crippen LogP contribution is -2.38. The van der Waals surface area contributed by atoms with E-state index in [-0.39, 0.29) is 18.6 Å². The number of amides is 1. The van der Waals surface area contributed by atoms with Gasteiger partial charge in [-0.2, -0.15) is 0 Å². The number of hydrogen-bond acceptors (Lipinski definition) is 3. The molecule has 1 atom stereocenters. The van der Waals surface area contributed by atoms with Crippen LogP contribution in [-0.2, 0) is 22.6 Å². The van der Waals surface area contributed by atoms with E-state index < -0.39 is 0 Å². The topological polar surface area (TPSA) is 47.6 Å². The molecule has 3 rings (SSSR count). The Morgan fingerprint density at radius 3 is 2.64 bits per heavy atom. The summed E-state index contributed by atoms with van der Waals surface area (Å²) in [6.45, 7) is 1.13. The zero-order valence-corrected chi connectivity index (χ0v) is 12.3. The second kappa shape index (κ2) is 7.09. The SMILES string of the molecule is O=C(COc1ccccc1)NC[C@@H]1Cc2ccccc2CO1. The van der Waals surface area contributed by atoms with Crippen LogP contribution < -0.4 is 10.1 Å². The molecule has 1 aliphatic rings. The number of hydrogen-bond donors (Lipinski definition) is 1. The fraction of sp³-hybridized carbons (Fsp3) is 0.278. The molecule has 22 heavy (non-hydrogen) atoms. The van der Waals surface area contributed by atoms with Gasteiger partial charge >= 0.3 is 0 Å². The van der Waals surface area contributed by atoms with Gasteiger partial charge in [0.2, 0.25) is 0 Å². The Labute approximate surface area is 130 Å². The summed E-state index contributed by atoms with van der Waals surface area (Å²) < 4.78 is 11.2. The summed E-state index contributed by atoms with van der Waals surface area (Å²) in [6.07, 6.45) is 0.853. The average Bonchev–Trinajstić information content (AvgIpc) is 2.59. The van der Waals surface area contributed by atoms with Gasteiger partial charge in [-0.1, -0.05) is 42.5 Å². The van der Waals surface area contributed by atoms with Crippen molar-refractivity contribution in [1.29, 1.82) is 0 Å². The average molecular weight is 297 g/mol. The minimum atomic E-state index is -0.133. The van der Waals surface area contributed by atoms with Crippen LogP contribution in [0.15, 0.2) is 54.6 Å². The van der Waals surface area contributed by atoms with Crippen LogP contribution in [0.5, 0.6) is 5.75 Å². The molecule has 1 heterocycles. The van der Waals surface area contributed by atoms with Gasteiger partial charge < -0.3 is 14.8 Å². The fourth-order valence-electron chi connectivity index (χ4n) is 2.48. The van der Waals surface area contributed by atoms with Crippen molar-refractivity contribution in [2.24, 2.45) is 0 Å². The predicted octanol–water partition coefficient (Wildman–Crippen LogP) is 2.32. The van der Waals surface area contributed by atoms with Crippen molar-refractivity contribution in [2.75, 3.05) is 13.2 Å². The zero-order valence-electron chi connectivity index (χ0n) is 12.3. The van der Waals surface area contributed by atoms with Crippen LogP contribution in [0, 0.1) is 0 Å². The van der Waals surface area contributed by atoms with Crippen LogP contribution in [0.4, 0.5) is 0 Å². The van der Waals surface area contributed by atoms with E-state index in [1.165, 1.54) is 11.1 Å². The van der Waals surface area contributed by atoms with Crippen LogP contribution in [-0.4, -0.2) is 25.2 Å². The van der Waals surface area contributed by atoms with E-state index in [1.807, 2.05) is 42.5 Å². The molecule has 2 aromatic carbocycles. The van der Waals surface area contributed by atoms with E-state index >= 15 is 0 Å². The first-order chi connectivity index (χ1) is 10.8. The molecule has 0 aliphatic carbocycles. The Bertz CT molecular complexity index is 627. The maximum atomic E-state index is 11.8. The first kappa shape index (κ1) is 14.6. The molecular formula is C18H19NO3. The second-order valence-corrected chi connectivity index (χ2v) is 5.31. The quantitative estimate of drug-likeness (QED) is 0.921. The molecule has 0 bridgehead atoms. The molecule has 0 saturated carbocycles.